The molecular formula is C47H30N4O3. The molecule has 4 heterocycles. The Labute approximate surface area is 310 Å². The minimum atomic E-state index is -0.745. The molecule has 7 heteroatoms. The normalized spacial score (nSPS) is 13.6. The molecule has 1 aliphatic rings. The summed E-state index contributed by atoms with van der Waals surface area (Å²) in [6, 6.07) is 46.5. The lowest BCUT2D eigenvalue weighted by molar-refractivity contribution is 0.103. The van der Waals surface area contributed by atoms with Crippen LogP contribution in [0.15, 0.2) is 162 Å². The van der Waals surface area contributed by atoms with Crippen molar-refractivity contribution in [2.75, 3.05) is 5.73 Å². The largest absolute Gasteiger partial charge is 0.481 e. The van der Waals surface area contributed by atoms with Crippen LogP contribution in [0.4, 0.5) is 5.69 Å². The number of rotatable bonds is 6. The molecule has 1 atom stereocenters. The fourth-order valence-electron chi connectivity index (χ4n) is 7.53. The van der Waals surface area contributed by atoms with Crippen LogP contribution in [0.2, 0.25) is 0 Å². The van der Waals surface area contributed by atoms with E-state index in [2.05, 4.69) is 0 Å². The molecule has 3 aromatic heterocycles. The lowest BCUT2D eigenvalue weighted by Crippen LogP contribution is -2.19. The number of carbonyl (C=O) groups is 1. The van der Waals surface area contributed by atoms with Crippen LogP contribution in [-0.2, 0) is 0 Å². The molecule has 54 heavy (non-hydrogen) atoms. The predicted molar refractivity (Wildman–Crippen MR) is 214 cm³/mol. The van der Waals surface area contributed by atoms with Gasteiger partial charge in [0.05, 0.1) is 28.2 Å². The van der Waals surface area contributed by atoms with Gasteiger partial charge in [-0.2, -0.15) is 0 Å². The number of anilines is 1. The lowest BCUT2D eigenvalue weighted by atomic mass is 9.80. The number of para-hydroxylation sites is 4. The number of hydrogen-bond donors (Lipinski definition) is 1. The highest BCUT2D eigenvalue weighted by Crippen LogP contribution is 2.51. The Morgan fingerprint density at radius 2 is 1.39 bits per heavy atom. The van der Waals surface area contributed by atoms with E-state index in [1.165, 1.54) is 0 Å². The molecule has 0 radical (unpaired) electrons. The van der Waals surface area contributed by atoms with Gasteiger partial charge in [0.15, 0.2) is 11.4 Å². The van der Waals surface area contributed by atoms with Gasteiger partial charge in [-0.3, -0.25) is 9.78 Å². The minimum absolute atomic E-state index is 0.242. The number of pyridine rings is 2. The number of ketones is 1. The molecule has 1 unspecified atom stereocenters. The Balaban J connectivity index is 1.41. The zero-order valence-corrected chi connectivity index (χ0v) is 28.8. The third-order valence-corrected chi connectivity index (χ3v) is 10.0. The molecule has 0 aliphatic carbocycles. The van der Waals surface area contributed by atoms with E-state index in [9.17, 15) is 0 Å². The number of fused-ring (bicyclic) bond motifs is 4. The van der Waals surface area contributed by atoms with Crippen molar-refractivity contribution in [1.29, 1.82) is 0 Å². The summed E-state index contributed by atoms with van der Waals surface area (Å²) in [4.78, 5) is 30.7. The van der Waals surface area contributed by atoms with E-state index in [1.54, 1.807) is 6.20 Å². The van der Waals surface area contributed by atoms with Gasteiger partial charge in [-0.25, -0.2) is 9.97 Å². The van der Waals surface area contributed by atoms with Gasteiger partial charge >= 0.3 is 0 Å². The van der Waals surface area contributed by atoms with Gasteiger partial charge in [-0.05, 0) is 47.9 Å². The van der Waals surface area contributed by atoms with Crippen molar-refractivity contribution >= 4 is 50.3 Å². The topological polar surface area (TPSA) is 104 Å². The molecule has 2 N–H and O–H groups in total. The van der Waals surface area contributed by atoms with E-state index in [4.69, 9.17) is 29.8 Å². The Bertz CT molecular complexity index is 2930. The number of aromatic nitrogens is 3. The molecule has 1 aliphatic heterocycles. The van der Waals surface area contributed by atoms with Crippen molar-refractivity contribution in [1.82, 2.24) is 15.0 Å². The second-order valence-electron chi connectivity index (χ2n) is 13.2. The maximum absolute atomic E-state index is 15.5. The average Bonchev–Trinajstić information content (AvgIpc) is 3.67. The van der Waals surface area contributed by atoms with Gasteiger partial charge < -0.3 is 14.9 Å². The van der Waals surface area contributed by atoms with E-state index in [0.717, 1.165) is 27.2 Å². The van der Waals surface area contributed by atoms with Gasteiger partial charge in [0.2, 0.25) is 5.89 Å². The monoisotopic (exact) mass is 698 g/mol. The second-order valence-corrected chi connectivity index (χ2v) is 13.2. The number of hydrogen-bond acceptors (Lipinski definition) is 7. The van der Waals surface area contributed by atoms with E-state index >= 15 is 4.79 Å². The van der Waals surface area contributed by atoms with Crippen molar-refractivity contribution in [2.24, 2.45) is 0 Å². The quantitative estimate of drug-likeness (QED) is 0.136. The van der Waals surface area contributed by atoms with E-state index in [-0.39, 0.29) is 11.7 Å². The van der Waals surface area contributed by atoms with Crippen LogP contribution in [0.25, 0.3) is 72.8 Å². The zero-order chi connectivity index (χ0) is 36.2. The van der Waals surface area contributed by atoms with E-state index in [0.29, 0.717) is 67.3 Å². The molecule has 6 aromatic carbocycles. The van der Waals surface area contributed by atoms with Gasteiger partial charge in [-0.15, -0.1) is 0 Å². The Morgan fingerprint density at radius 1 is 0.648 bits per heavy atom. The predicted octanol–water partition coefficient (Wildman–Crippen LogP) is 10.9. The molecule has 0 spiro atoms. The molecule has 7 nitrogen and oxygen atoms in total. The van der Waals surface area contributed by atoms with Crippen LogP contribution in [0, 0.1) is 0 Å². The van der Waals surface area contributed by atoms with Crippen molar-refractivity contribution in [3.05, 3.63) is 180 Å². The van der Waals surface area contributed by atoms with Gasteiger partial charge in [0, 0.05) is 50.4 Å². The average molecular weight is 699 g/mol. The first-order valence-corrected chi connectivity index (χ1v) is 17.7. The summed E-state index contributed by atoms with van der Waals surface area (Å²) in [7, 11) is 0. The summed E-state index contributed by atoms with van der Waals surface area (Å²) >= 11 is 0. The molecule has 256 valence electrons. The summed E-state index contributed by atoms with van der Waals surface area (Å²) in [6.07, 6.45) is 5.01. The third-order valence-electron chi connectivity index (χ3n) is 10.0. The molecule has 0 amide bonds. The summed E-state index contributed by atoms with van der Waals surface area (Å²) in [5, 5.41) is 2.80. The number of benzene rings is 6. The number of oxazole rings is 1. The second kappa shape index (κ2) is 12.7. The van der Waals surface area contributed by atoms with Crippen molar-refractivity contribution < 1.29 is 13.9 Å². The van der Waals surface area contributed by atoms with Crippen LogP contribution in [0.3, 0.4) is 0 Å². The molecule has 0 saturated carbocycles. The summed E-state index contributed by atoms with van der Waals surface area (Å²) in [5.74, 6) is 0.677. The Kier molecular flexibility index (Phi) is 7.37. The number of nitrogen functional groups attached to an aromatic ring is 1. The first kappa shape index (κ1) is 31.4. The molecule has 10 rings (SSSR count). The fraction of sp³-hybridized carbons (Fsp3) is 0.0213. The number of carbonyl (C=O) groups excluding carboxylic acids is 1. The van der Waals surface area contributed by atoms with Crippen LogP contribution < -0.4 is 10.5 Å². The van der Waals surface area contributed by atoms with Gasteiger partial charge in [-0.1, -0.05) is 115 Å². The number of ether oxygens (including phenoxy) is 1. The minimum Gasteiger partial charge on any atom is -0.481 e. The number of nitrogens with zero attached hydrogens (tertiary/aromatic N) is 3. The van der Waals surface area contributed by atoms with Crippen LogP contribution in [-0.4, -0.2) is 20.7 Å². The SMILES string of the molecule is Nc1c(-c2nccc3ccccc23)c(-c2nc3ccccc3o2)c(C(=O)c2ccccc2)c(C2C=Cc3ccccc3O2)c1-c1ccc2ccccc2n1. The first-order chi connectivity index (χ1) is 26.6. The van der Waals surface area contributed by atoms with E-state index in [1.807, 2.05) is 158 Å². The summed E-state index contributed by atoms with van der Waals surface area (Å²) in [5.41, 5.74) is 15.0. The van der Waals surface area contributed by atoms with Gasteiger partial charge in [0.1, 0.15) is 17.4 Å². The maximum Gasteiger partial charge on any atom is 0.228 e. The molecular weight excluding hydrogens is 669 g/mol. The number of nitrogens with two attached hydrogens (primary N) is 1. The molecule has 9 aromatic rings. The Hall–Kier alpha value is -7.38. The highest BCUT2D eigenvalue weighted by molar-refractivity contribution is 6.20. The van der Waals surface area contributed by atoms with Crippen LogP contribution in [0.1, 0.15) is 33.2 Å². The summed E-state index contributed by atoms with van der Waals surface area (Å²) < 4.78 is 13.4. The summed E-state index contributed by atoms with van der Waals surface area (Å²) in [6.45, 7) is 0. The molecule has 0 bridgehead atoms. The van der Waals surface area contributed by atoms with Crippen LogP contribution in [0.5, 0.6) is 5.75 Å². The molecule has 0 saturated heterocycles. The standard InChI is InChI=1S/C47H30N4O3/c48-44-39(35-24-22-29-13-5-8-18-33(29)50-35)40(38-25-23-30-14-6-10-20-36(30)53-38)41(46(52)31-15-2-1-3-16-31)42(47-51-34-19-9-11-21-37(34)54-47)43(44)45-32-17-7-4-12-28(32)26-27-49-45/h1-27,38H,48H2. The van der Waals surface area contributed by atoms with Crippen molar-refractivity contribution in [3.8, 4) is 39.7 Å². The highest BCUT2D eigenvalue weighted by Gasteiger charge is 2.37. The maximum atomic E-state index is 15.5. The van der Waals surface area contributed by atoms with E-state index < -0.39 is 6.10 Å². The molecule has 0 fully saturated rings. The Morgan fingerprint density at radius 3 is 2.26 bits per heavy atom. The van der Waals surface area contributed by atoms with Gasteiger partial charge in [0.25, 0.3) is 0 Å². The fourth-order valence-corrected chi connectivity index (χ4v) is 7.53. The zero-order valence-electron chi connectivity index (χ0n) is 28.8. The highest BCUT2D eigenvalue weighted by atomic mass is 16.5. The third kappa shape index (κ3) is 5.13. The van der Waals surface area contributed by atoms with Crippen molar-refractivity contribution in [3.63, 3.8) is 0 Å². The van der Waals surface area contributed by atoms with Crippen molar-refractivity contribution in [2.45, 2.75) is 6.10 Å². The van der Waals surface area contributed by atoms with Crippen LogP contribution >= 0.6 is 0 Å². The smallest absolute Gasteiger partial charge is 0.228 e. The first-order valence-electron chi connectivity index (χ1n) is 17.7. The lowest BCUT2D eigenvalue weighted by Gasteiger charge is -2.29.